The highest BCUT2D eigenvalue weighted by Gasteiger charge is 2.33. The van der Waals surface area contributed by atoms with Crippen molar-refractivity contribution in [1.82, 2.24) is 0 Å². The summed E-state index contributed by atoms with van der Waals surface area (Å²) in [5, 5.41) is 20.4. The summed E-state index contributed by atoms with van der Waals surface area (Å²) < 4.78 is 0. The van der Waals surface area contributed by atoms with E-state index >= 15 is 0 Å². The van der Waals surface area contributed by atoms with E-state index in [1.807, 2.05) is 45.9 Å². The fourth-order valence-electron chi connectivity index (χ4n) is 1.70. The van der Waals surface area contributed by atoms with Crippen molar-refractivity contribution in [2.24, 2.45) is 0 Å². The lowest BCUT2D eigenvalue weighted by Gasteiger charge is -2.29. The van der Waals surface area contributed by atoms with Crippen molar-refractivity contribution in [3.63, 3.8) is 0 Å². The van der Waals surface area contributed by atoms with Crippen molar-refractivity contribution in [3.05, 3.63) is 45.0 Å². The minimum absolute atomic E-state index is 0.431. The topological polar surface area (TPSA) is 63.4 Å². The van der Waals surface area contributed by atoms with Crippen LogP contribution in [0.15, 0.2) is 18.2 Å². The second kappa shape index (κ2) is 4.84. The van der Waals surface area contributed by atoms with Crippen LogP contribution < -0.4 is 0 Å². The lowest BCUT2D eigenvalue weighted by Crippen LogP contribution is -2.38. The molecular formula is C13H19NO3. The summed E-state index contributed by atoms with van der Waals surface area (Å²) >= 11 is 0. The molecule has 17 heavy (non-hydrogen) atoms. The molecule has 0 aromatic heterocycles. The van der Waals surface area contributed by atoms with Crippen molar-refractivity contribution in [1.29, 1.82) is 0 Å². The summed E-state index contributed by atoms with van der Waals surface area (Å²) in [6.45, 7) is 7.23. The van der Waals surface area contributed by atoms with Crippen molar-refractivity contribution in [2.75, 3.05) is 6.54 Å². The summed E-state index contributed by atoms with van der Waals surface area (Å²) in [6.07, 6.45) is -0.986. The number of benzene rings is 1. The lowest BCUT2D eigenvalue weighted by molar-refractivity contribution is -0.492. The van der Waals surface area contributed by atoms with E-state index in [2.05, 4.69) is 0 Å². The van der Waals surface area contributed by atoms with Gasteiger partial charge in [-0.25, -0.2) is 0 Å². The molecule has 0 heterocycles. The first-order chi connectivity index (χ1) is 7.75. The summed E-state index contributed by atoms with van der Waals surface area (Å²) in [5.74, 6) is 0. The Morgan fingerprint density at radius 2 is 1.94 bits per heavy atom. The van der Waals surface area contributed by atoms with E-state index in [0.29, 0.717) is 0 Å². The van der Waals surface area contributed by atoms with Crippen molar-refractivity contribution in [2.45, 2.75) is 39.2 Å². The molecular weight excluding hydrogens is 218 g/mol. The van der Waals surface area contributed by atoms with E-state index in [9.17, 15) is 15.2 Å². The first-order valence-corrected chi connectivity index (χ1v) is 5.62. The average molecular weight is 237 g/mol. The van der Waals surface area contributed by atoms with Crippen LogP contribution in [0.25, 0.3) is 0 Å². The van der Waals surface area contributed by atoms with Gasteiger partial charge in [0.2, 0.25) is 6.54 Å². The van der Waals surface area contributed by atoms with Crippen molar-refractivity contribution in [3.8, 4) is 0 Å². The summed E-state index contributed by atoms with van der Waals surface area (Å²) in [6, 6.07) is 5.88. The first kappa shape index (κ1) is 13.6. The monoisotopic (exact) mass is 237 g/mol. The van der Waals surface area contributed by atoms with Gasteiger partial charge in [0.1, 0.15) is 6.10 Å². The number of rotatable bonds is 4. The predicted molar refractivity (Wildman–Crippen MR) is 66.8 cm³/mol. The molecule has 1 unspecified atom stereocenters. The van der Waals surface area contributed by atoms with Gasteiger partial charge in [0.25, 0.3) is 0 Å². The molecule has 0 radical (unpaired) electrons. The molecule has 0 aliphatic heterocycles. The Hall–Kier alpha value is -1.42. The van der Waals surface area contributed by atoms with Gasteiger partial charge in [-0.15, -0.1) is 0 Å². The van der Waals surface area contributed by atoms with Crippen LogP contribution in [0.4, 0.5) is 0 Å². The third-order valence-corrected chi connectivity index (χ3v) is 3.41. The fraction of sp³-hybridized carbons (Fsp3) is 0.538. The SMILES string of the molecule is Cc1ccc(C(C)(C)C(O)C[N+](=O)[O-])cc1C. The molecule has 0 amide bonds. The molecule has 0 fully saturated rings. The minimum Gasteiger partial charge on any atom is -0.385 e. The first-order valence-electron chi connectivity index (χ1n) is 5.62. The molecule has 0 aliphatic carbocycles. The smallest absolute Gasteiger partial charge is 0.230 e. The molecule has 1 aromatic rings. The van der Waals surface area contributed by atoms with E-state index < -0.39 is 23.0 Å². The van der Waals surface area contributed by atoms with Crippen LogP contribution in [0.1, 0.15) is 30.5 Å². The highest BCUT2D eigenvalue weighted by molar-refractivity contribution is 5.34. The molecule has 0 aliphatic rings. The van der Waals surface area contributed by atoms with Crippen LogP contribution in [0.3, 0.4) is 0 Å². The van der Waals surface area contributed by atoms with Crippen LogP contribution in [0, 0.1) is 24.0 Å². The van der Waals surface area contributed by atoms with Crippen LogP contribution in [0.2, 0.25) is 0 Å². The Kier molecular flexibility index (Phi) is 3.88. The molecule has 4 heteroatoms. The number of aliphatic hydroxyl groups is 1. The molecule has 1 aromatic carbocycles. The second-order valence-electron chi connectivity index (χ2n) is 5.05. The summed E-state index contributed by atoms with van der Waals surface area (Å²) in [7, 11) is 0. The molecule has 94 valence electrons. The Morgan fingerprint density at radius 3 is 2.41 bits per heavy atom. The molecule has 1 rings (SSSR count). The van der Waals surface area contributed by atoms with Gasteiger partial charge in [0.15, 0.2) is 0 Å². The third kappa shape index (κ3) is 3.03. The molecule has 0 saturated carbocycles. The number of nitrogens with zero attached hydrogens (tertiary/aromatic N) is 1. The maximum absolute atomic E-state index is 10.5. The van der Waals surface area contributed by atoms with Crippen molar-refractivity contribution >= 4 is 0 Å². The standard InChI is InChI=1S/C13H19NO3/c1-9-5-6-11(7-10(9)2)13(3,4)12(15)8-14(16)17/h5-7,12,15H,8H2,1-4H3. The molecule has 0 bridgehead atoms. The van der Waals surface area contributed by atoms with Gasteiger partial charge < -0.3 is 5.11 Å². The normalized spacial score (nSPS) is 13.5. The maximum Gasteiger partial charge on any atom is 0.230 e. The van der Waals surface area contributed by atoms with E-state index in [1.54, 1.807) is 0 Å². The number of nitro groups is 1. The van der Waals surface area contributed by atoms with Gasteiger partial charge in [-0.1, -0.05) is 32.0 Å². The maximum atomic E-state index is 10.5. The molecule has 0 spiro atoms. The van der Waals surface area contributed by atoms with Gasteiger partial charge in [0.05, 0.1) is 0 Å². The molecule has 1 atom stereocenters. The molecule has 0 saturated heterocycles. The van der Waals surface area contributed by atoms with Crippen molar-refractivity contribution < 1.29 is 10.0 Å². The zero-order valence-electron chi connectivity index (χ0n) is 10.7. The van der Waals surface area contributed by atoms with Gasteiger partial charge in [-0.3, -0.25) is 10.1 Å². The fourth-order valence-corrected chi connectivity index (χ4v) is 1.70. The summed E-state index contributed by atoms with van der Waals surface area (Å²) in [4.78, 5) is 9.98. The highest BCUT2D eigenvalue weighted by Crippen LogP contribution is 2.28. The number of hydrogen-bond acceptors (Lipinski definition) is 3. The van der Waals surface area contributed by atoms with E-state index in [-0.39, 0.29) is 0 Å². The van der Waals surface area contributed by atoms with Crippen LogP contribution >= 0.6 is 0 Å². The Labute approximate surface area is 101 Å². The molecule has 1 N–H and O–H groups in total. The highest BCUT2D eigenvalue weighted by atomic mass is 16.6. The quantitative estimate of drug-likeness (QED) is 0.645. The zero-order chi connectivity index (χ0) is 13.2. The number of aliphatic hydroxyl groups excluding tert-OH is 1. The van der Waals surface area contributed by atoms with E-state index in [1.165, 1.54) is 5.56 Å². The minimum atomic E-state index is -0.986. The zero-order valence-corrected chi connectivity index (χ0v) is 10.7. The van der Waals surface area contributed by atoms with Crippen LogP contribution in [0.5, 0.6) is 0 Å². The van der Waals surface area contributed by atoms with E-state index in [4.69, 9.17) is 0 Å². The average Bonchev–Trinajstić information content (AvgIpc) is 2.20. The largest absolute Gasteiger partial charge is 0.385 e. The Bertz CT molecular complexity index is 427. The lowest BCUT2D eigenvalue weighted by atomic mass is 9.78. The number of hydrogen-bond donors (Lipinski definition) is 1. The van der Waals surface area contributed by atoms with E-state index in [0.717, 1.165) is 11.1 Å². The van der Waals surface area contributed by atoms with Gasteiger partial charge in [-0.2, -0.15) is 0 Å². The van der Waals surface area contributed by atoms with Crippen LogP contribution in [-0.4, -0.2) is 22.7 Å². The second-order valence-corrected chi connectivity index (χ2v) is 5.05. The molecule has 4 nitrogen and oxygen atoms in total. The van der Waals surface area contributed by atoms with Gasteiger partial charge in [0, 0.05) is 10.3 Å². The Morgan fingerprint density at radius 1 is 1.35 bits per heavy atom. The third-order valence-electron chi connectivity index (χ3n) is 3.41. The number of aryl methyl sites for hydroxylation is 2. The Balaban J connectivity index is 3.03. The summed E-state index contributed by atoms with van der Waals surface area (Å²) in [5.41, 5.74) is 2.61. The van der Waals surface area contributed by atoms with Gasteiger partial charge >= 0.3 is 0 Å². The van der Waals surface area contributed by atoms with Gasteiger partial charge in [-0.05, 0) is 30.5 Å². The van der Waals surface area contributed by atoms with Crippen LogP contribution in [-0.2, 0) is 5.41 Å². The predicted octanol–water partition coefficient (Wildman–Crippen LogP) is 2.22.